The van der Waals surface area contributed by atoms with Crippen LogP contribution in [-0.4, -0.2) is 141 Å². The Morgan fingerprint density at radius 3 is 1.73 bits per heavy atom. The number of ether oxygens (including phenoxy) is 2. The monoisotopic (exact) mass is 818 g/mol. The molecule has 2 aromatic heterocycles. The van der Waals surface area contributed by atoms with Crippen LogP contribution in [0.3, 0.4) is 0 Å². The SMILES string of the molecule is CCOC(=O)c1nn(CCCOC(=O)c2nn(CCCO)c3c2CCN(CC2(S(=O)(=O)C4(C)CC4)CC2)C3=O)c2c1CCN(CC1(S(=O)(=O)C3CC3)CC1)C2=O. The van der Waals surface area contributed by atoms with E-state index >= 15 is 0 Å². The molecular weight excluding hydrogens is 769 g/mol. The van der Waals surface area contributed by atoms with Gasteiger partial charge < -0.3 is 24.4 Å². The van der Waals surface area contributed by atoms with Crippen molar-refractivity contribution in [2.45, 2.75) is 123 Å². The maximum Gasteiger partial charge on any atom is 0.359 e. The first kappa shape index (κ1) is 39.0. The Morgan fingerprint density at radius 2 is 1.27 bits per heavy atom. The Labute approximate surface area is 325 Å². The summed E-state index contributed by atoms with van der Waals surface area (Å²) in [5, 5.41) is 18.1. The zero-order chi connectivity index (χ0) is 39.8. The van der Waals surface area contributed by atoms with Crippen molar-refractivity contribution in [2.24, 2.45) is 0 Å². The van der Waals surface area contributed by atoms with Crippen molar-refractivity contribution in [2.75, 3.05) is 46.0 Å². The van der Waals surface area contributed by atoms with Crippen LogP contribution in [0.15, 0.2) is 0 Å². The number of aliphatic hydroxyl groups is 1. The molecule has 4 fully saturated rings. The fourth-order valence-electron chi connectivity index (χ4n) is 8.49. The van der Waals surface area contributed by atoms with E-state index in [4.69, 9.17) is 9.47 Å². The second-order valence-corrected chi connectivity index (χ2v) is 22.1. The number of aliphatic hydroxyl groups excluding tert-OH is 1. The van der Waals surface area contributed by atoms with Crippen LogP contribution >= 0.6 is 0 Å². The number of carbonyl (C=O) groups excluding carboxylic acids is 4. The largest absolute Gasteiger partial charge is 0.461 e. The summed E-state index contributed by atoms with van der Waals surface area (Å²) in [6.45, 7) is 4.19. The summed E-state index contributed by atoms with van der Waals surface area (Å²) in [6.07, 6.45) is 5.66. The lowest BCUT2D eigenvalue weighted by atomic mass is 10.0. The lowest BCUT2D eigenvalue weighted by molar-refractivity contribution is 0.0482. The van der Waals surface area contributed by atoms with E-state index in [1.54, 1.807) is 23.6 Å². The number of fused-ring (bicyclic) bond motifs is 2. The van der Waals surface area contributed by atoms with Gasteiger partial charge in [0.15, 0.2) is 31.1 Å². The highest BCUT2D eigenvalue weighted by Gasteiger charge is 2.66. The van der Waals surface area contributed by atoms with Gasteiger partial charge in [-0.15, -0.1) is 0 Å². The first-order valence-corrected chi connectivity index (χ1v) is 22.9. The minimum absolute atomic E-state index is 0.0211. The van der Waals surface area contributed by atoms with Crippen molar-refractivity contribution in [1.82, 2.24) is 29.4 Å². The average molecular weight is 819 g/mol. The van der Waals surface area contributed by atoms with Gasteiger partial charge in [-0.1, -0.05) is 0 Å². The molecule has 2 aliphatic heterocycles. The highest BCUT2D eigenvalue weighted by atomic mass is 32.2. The Kier molecular flexibility index (Phi) is 9.70. The van der Waals surface area contributed by atoms with Crippen molar-refractivity contribution in [3.63, 3.8) is 0 Å². The molecule has 19 heteroatoms. The lowest BCUT2D eigenvalue weighted by Gasteiger charge is -2.32. The third kappa shape index (κ3) is 6.44. The zero-order valence-electron chi connectivity index (χ0n) is 32.0. The first-order chi connectivity index (χ1) is 26.6. The number of hydrogen-bond acceptors (Lipinski definition) is 13. The van der Waals surface area contributed by atoms with Crippen LogP contribution in [0.1, 0.15) is 131 Å². The van der Waals surface area contributed by atoms with Gasteiger partial charge in [0.1, 0.15) is 11.4 Å². The highest BCUT2D eigenvalue weighted by Crippen LogP contribution is 2.56. The molecule has 0 radical (unpaired) electrons. The van der Waals surface area contributed by atoms with Crippen LogP contribution in [0.2, 0.25) is 0 Å². The third-order valence-electron chi connectivity index (χ3n) is 12.6. The van der Waals surface area contributed by atoms with Crippen LogP contribution in [0.25, 0.3) is 0 Å². The summed E-state index contributed by atoms with van der Waals surface area (Å²) < 4.78 is 64.5. The maximum absolute atomic E-state index is 14.0. The quantitative estimate of drug-likeness (QED) is 0.167. The molecule has 0 saturated heterocycles. The smallest absolute Gasteiger partial charge is 0.359 e. The average Bonchev–Trinajstić information content (AvgIpc) is 3.96. The van der Waals surface area contributed by atoms with Crippen molar-refractivity contribution in [3.8, 4) is 0 Å². The number of esters is 2. The molecule has 17 nitrogen and oxygen atoms in total. The van der Waals surface area contributed by atoms with Gasteiger partial charge in [-0.25, -0.2) is 26.4 Å². The molecule has 4 saturated carbocycles. The van der Waals surface area contributed by atoms with Gasteiger partial charge in [-0.3, -0.25) is 19.0 Å². The van der Waals surface area contributed by atoms with E-state index in [2.05, 4.69) is 10.2 Å². The maximum atomic E-state index is 14.0. The van der Waals surface area contributed by atoms with Gasteiger partial charge in [0.25, 0.3) is 11.8 Å². The summed E-state index contributed by atoms with van der Waals surface area (Å²) in [7, 11) is -6.80. The van der Waals surface area contributed by atoms with Crippen LogP contribution < -0.4 is 0 Å². The summed E-state index contributed by atoms with van der Waals surface area (Å²) >= 11 is 0. The Hall–Kier alpha value is -3.84. The molecule has 2 aromatic rings. The summed E-state index contributed by atoms with van der Waals surface area (Å²) in [4.78, 5) is 57.4. The molecule has 306 valence electrons. The predicted molar refractivity (Wildman–Crippen MR) is 199 cm³/mol. The number of carbonyl (C=O) groups is 4. The molecule has 2 amide bonds. The predicted octanol–water partition coefficient (Wildman–Crippen LogP) is 1.49. The number of aryl methyl sites for hydroxylation is 2. The lowest BCUT2D eigenvalue weighted by Crippen LogP contribution is -2.48. The molecule has 56 heavy (non-hydrogen) atoms. The van der Waals surface area contributed by atoms with E-state index in [9.17, 15) is 41.1 Å². The second-order valence-electron chi connectivity index (χ2n) is 16.6. The van der Waals surface area contributed by atoms with Gasteiger partial charge in [0.2, 0.25) is 0 Å². The molecule has 0 unspecified atom stereocenters. The number of sulfone groups is 2. The summed E-state index contributed by atoms with van der Waals surface area (Å²) in [5.41, 5.74) is 1.26. The fraction of sp³-hybridized carbons (Fsp3) is 0.730. The molecule has 0 bridgehead atoms. The molecule has 4 heterocycles. The van der Waals surface area contributed by atoms with Gasteiger partial charge in [-0.2, -0.15) is 10.2 Å². The van der Waals surface area contributed by atoms with Gasteiger partial charge in [0, 0.05) is 63.4 Å². The molecule has 4 aliphatic carbocycles. The number of hydrogen-bond donors (Lipinski definition) is 1. The first-order valence-electron chi connectivity index (χ1n) is 19.8. The van der Waals surface area contributed by atoms with Crippen LogP contribution in [0.4, 0.5) is 0 Å². The summed E-state index contributed by atoms with van der Waals surface area (Å²) in [6, 6.07) is 0. The Morgan fingerprint density at radius 1 is 0.768 bits per heavy atom. The van der Waals surface area contributed by atoms with Crippen molar-refractivity contribution < 1.29 is 50.6 Å². The van der Waals surface area contributed by atoms with Crippen LogP contribution in [0.5, 0.6) is 0 Å². The van der Waals surface area contributed by atoms with E-state index < -0.39 is 57.7 Å². The molecule has 8 rings (SSSR count). The van der Waals surface area contributed by atoms with Gasteiger partial charge in [0.05, 0.1) is 32.7 Å². The number of amides is 2. The standard InChI is InChI=1S/C37H50N6O11S2/c1-3-53-33(47)27-25-8-18-40(22-36(12-13-36)55(49,50)24-6-7-24)31(45)30(25)43(38-27)17-5-21-54-34(48)28-26-9-19-41(32(46)29(26)42(39-28)16-4-20-44)23-37(14-15-37)56(51,52)35(2)10-11-35/h24,44H,3-23H2,1-2H3. The van der Waals surface area contributed by atoms with Gasteiger partial charge in [-0.05, 0) is 84.5 Å². The molecule has 0 spiro atoms. The Bertz CT molecular complexity index is 2190. The second kappa shape index (κ2) is 13.9. The van der Waals surface area contributed by atoms with E-state index in [-0.39, 0.29) is 106 Å². The highest BCUT2D eigenvalue weighted by molar-refractivity contribution is 7.94. The third-order valence-corrected chi connectivity index (χ3v) is 19.1. The number of aromatic nitrogens is 4. The summed E-state index contributed by atoms with van der Waals surface area (Å²) in [5.74, 6) is -2.23. The topological polar surface area (TPSA) is 217 Å². The normalized spacial score (nSPS) is 21.7. The van der Waals surface area contributed by atoms with Crippen LogP contribution in [0, 0.1) is 0 Å². The molecule has 1 N–H and O–H groups in total. The minimum atomic E-state index is -3.44. The Balaban J connectivity index is 0.953. The van der Waals surface area contributed by atoms with E-state index in [1.807, 2.05) is 0 Å². The molecule has 0 aromatic carbocycles. The molecular formula is C37H50N6O11S2. The van der Waals surface area contributed by atoms with Crippen LogP contribution in [-0.2, 0) is 55.1 Å². The van der Waals surface area contributed by atoms with E-state index in [0.717, 1.165) is 0 Å². The minimum Gasteiger partial charge on any atom is -0.461 e. The van der Waals surface area contributed by atoms with Gasteiger partial charge >= 0.3 is 11.9 Å². The fourth-order valence-corrected chi connectivity index (χ4v) is 13.6. The van der Waals surface area contributed by atoms with Crippen molar-refractivity contribution in [1.29, 1.82) is 0 Å². The van der Waals surface area contributed by atoms with Crippen molar-refractivity contribution >= 4 is 43.4 Å². The molecule has 6 aliphatic rings. The number of nitrogens with zero attached hydrogens (tertiary/aromatic N) is 6. The number of rotatable bonds is 18. The van der Waals surface area contributed by atoms with E-state index in [0.29, 0.717) is 68.9 Å². The molecule has 0 atom stereocenters. The van der Waals surface area contributed by atoms with Crippen molar-refractivity contribution in [3.05, 3.63) is 33.9 Å². The van der Waals surface area contributed by atoms with E-state index in [1.165, 1.54) is 9.36 Å². The zero-order valence-corrected chi connectivity index (χ0v) is 33.6.